The van der Waals surface area contributed by atoms with E-state index in [0.717, 1.165) is 24.0 Å². The number of ether oxygens (including phenoxy) is 1. The minimum atomic E-state index is -4.82. The summed E-state index contributed by atoms with van der Waals surface area (Å²) in [4.78, 5) is 12.9. The highest BCUT2D eigenvalue weighted by Gasteiger charge is 2.54. The van der Waals surface area contributed by atoms with Gasteiger partial charge in [0.05, 0.1) is 40.9 Å². The first kappa shape index (κ1) is 29.0. The summed E-state index contributed by atoms with van der Waals surface area (Å²) in [5.74, 6) is -2.10. The minimum absolute atomic E-state index is 0.0379. The molecule has 0 aromatic heterocycles. The lowest BCUT2D eigenvalue weighted by Gasteiger charge is -2.47. The summed E-state index contributed by atoms with van der Waals surface area (Å²) in [6.07, 6.45) is -11.7. The van der Waals surface area contributed by atoms with Crippen molar-refractivity contribution in [1.29, 1.82) is 0 Å². The molecule has 1 spiro atoms. The maximum Gasteiger partial charge on any atom is 0.398 e. The Hall–Kier alpha value is -2.02. The number of thiol groups is 1. The van der Waals surface area contributed by atoms with E-state index in [1.165, 1.54) is 6.07 Å². The topological polar surface area (TPSA) is 41.9 Å². The van der Waals surface area contributed by atoms with Crippen molar-refractivity contribution >= 4 is 47.6 Å². The summed E-state index contributed by atoms with van der Waals surface area (Å²) in [5.41, 5.74) is -2.41. The molecule has 1 fully saturated rings. The van der Waals surface area contributed by atoms with Gasteiger partial charge in [0.2, 0.25) is 5.91 Å². The van der Waals surface area contributed by atoms with Crippen LogP contribution in [0.3, 0.4) is 0 Å². The van der Waals surface area contributed by atoms with Crippen molar-refractivity contribution in [2.24, 2.45) is 4.40 Å². The predicted molar refractivity (Wildman–Crippen MR) is 130 cm³/mol. The lowest BCUT2D eigenvalue weighted by atomic mass is 9.76. The number of amides is 1. The zero-order chi connectivity index (χ0) is 28.3. The monoisotopic (exact) mass is 602 g/mol. The summed E-state index contributed by atoms with van der Waals surface area (Å²) >= 11 is 15.4. The van der Waals surface area contributed by atoms with E-state index in [1.807, 2.05) is 0 Å². The van der Waals surface area contributed by atoms with Gasteiger partial charge in [-0.25, -0.2) is 8.79 Å². The molecule has 4 rings (SSSR count). The summed E-state index contributed by atoms with van der Waals surface area (Å²) in [6.45, 7) is 0.822. The van der Waals surface area contributed by atoms with Crippen molar-refractivity contribution in [3.8, 4) is 0 Å². The number of likely N-dealkylation sites (tertiary alicyclic amines) is 1. The van der Waals surface area contributed by atoms with Gasteiger partial charge in [-0.3, -0.25) is 4.79 Å². The fourth-order valence-electron chi connectivity index (χ4n) is 4.69. The van der Waals surface area contributed by atoms with Gasteiger partial charge in [0.15, 0.2) is 5.82 Å². The van der Waals surface area contributed by atoms with Gasteiger partial charge in [-0.2, -0.15) is 26.3 Å². The van der Waals surface area contributed by atoms with Crippen molar-refractivity contribution in [2.45, 2.75) is 49.7 Å². The molecule has 2 aromatic carbocycles. The number of benzene rings is 2. The quantitative estimate of drug-likeness (QED) is 0.170. The number of nitrogens with zero attached hydrogens (tertiary/aromatic N) is 2. The SMILES string of the molecule is CC(CC(=NS)c1ccc2c(c1)COC21CN(C(=O)CC(F)(F)F)C1)(c1cc(Cl)c(F)c(Cl)c1)C(F)(F)F. The van der Waals surface area contributed by atoms with Gasteiger partial charge in [0, 0.05) is 6.42 Å². The normalized spacial score (nSPS) is 18.8. The van der Waals surface area contributed by atoms with Gasteiger partial charge >= 0.3 is 12.4 Å². The average Bonchev–Trinajstić information content (AvgIpc) is 3.16. The van der Waals surface area contributed by atoms with E-state index in [1.54, 1.807) is 12.1 Å². The number of carbonyl (C=O) groups is 1. The number of rotatable bonds is 5. The van der Waals surface area contributed by atoms with Crippen molar-refractivity contribution in [3.63, 3.8) is 0 Å². The molecule has 1 unspecified atom stereocenters. The van der Waals surface area contributed by atoms with Gasteiger partial charge in [-0.15, -0.1) is 0 Å². The van der Waals surface area contributed by atoms with Crippen LogP contribution < -0.4 is 0 Å². The summed E-state index contributed by atoms with van der Waals surface area (Å²) < 4.78 is 104. The highest BCUT2D eigenvalue weighted by atomic mass is 35.5. The molecule has 0 saturated carbocycles. The number of alkyl halides is 6. The van der Waals surface area contributed by atoms with Crippen LogP contribution in [0.1, 0.15) is 42.0 Å². The Kier molecular flexibility index (Phi) is 7.52. The second kappa shape index (κ2) is 9.87. The Morgan fingerprint density at radius 2 is 1.68 bits per heavy atom. The van der Waals surface area contributed by atoms with Gasteiger partial charge in [0.1, 0.15) is 12.0 Å². The Balaban J connectivity index is 1.59. The average molecular weight is 603 g/mol. The molecule has 14 heteroatoms. The molecule has 206 valence electrons. The van der Waals surface area contributed by atoms with Crippen LogP contribution in [0.25, 0.3) is 0 Å². The van der Waals surface area contributed by atoms with E-state index in [9.17, 15) is 35.5 Å². The molecule has 2 aromatic rings. The lowest BCUT2D eigenvalue weighted by molar-refractivity contribution is -0.185. The highest BCUT2D eigenvalue weighted by Crippen LogP contribution is 2.47. The van der Waals surface area contributed by atoms with Crippen molar-refractivity contribution in [2.75, 3.05) is 13.1 Å². The van der Waals surface area contributed by atoms with Crippen LogP contribution in [0.2, 0.25) is 10.0 Å². The van der Waals surface area contributed by atoms with E-state index < -0.39 is 58.0 Å². The molecule has 2 heterocycles. The second-order valence-electron chi connectivity index (χ2n) is 9.50. The first-order valence-corrected chi connectivity index (χ1v) is 12.2. The van der Waals surface area contributed by atoms with Crippen LogP contribution >= 0.6 is 36.0 Å². The molecular weight excluding hydrogens is 584 g/mol. The maximum absolute atomic E-state index is 14.4. The van der Waals surface area contributed by atoms with Crippen LogP contribution in [0.4, 0.5) is 30.7 Å². The molecule has 1 amide bonds. The van der Waals surface area contributed by atoms with Gasteiger partial charge in [0.25, 0.3) is 0 Å². The van der Waals surface area contributed by atoms with Crippen LogP contribution in [0.5, 0.6) is 0 Å². The van der Waals surface area contributed by atoms with E-state index in [2.05, 4.69) is 17.2 Å². The van der Waals surface area contributed by atoms with Gasteiger partial charge < -0.3 is 9.64 Å². The first-order chi connectivity index (χ1) is 17.5. The third-order valence-corrected chi connectivity index (χ3v) is 7.71. The molecule has 0 bridgehead atoms. The molecular formula is C24H19Cl2F7N2O2S. The van der Waals surface area contributed by atoms with Crippen molar-refractivity contribution in [1.82, 2.24) is 4.90 Å². The third-order valence-electron chi connectivity index (χ3n) is 6.92. The zero-order valence-electron chi connectivity index (χ0n) is 19.5. The smallest absolute Gasteiger partial charge is 0.362 e. The van der Waals surface area contributed by atoms with Crippen LogP contribution in [0.15, 0.2) is 34.7 Å². The Morgan fingerprint density at radius 1 is 1.08 bits per heavy atom. The Morgan fingerprint density at radius 3 is 2.21 bits per heavy atom. The molecule has 0 aliphatic carbocycles. The van der Waals surface area contributed by atoms with E-state index in [0.29, 0.717) is 16.7 Å². The van der Waals surface area contributed by atoms with Gasteiger partial charge in [-0.1, -0.05) is 35.3 Å². The minimum Gasteiger partial charge on any atom is -0.362 e. The van der Waals surface area contributed by atoms with E-state index in [-0.39, 0.29) is 31.0 Å². The molecule has 4 nitrogen and oxygen atoms in total. The molecule has 2 aliphatic rings. The maximum atomic E-state index is 14.4. The molecule has 1 saturated heterocycles. The van der Waals surface area contributed by atoms with E-state index >= 15 is 0 Å². The number of halogens is 9. The number of hydrogen-bond acceptors (Lipinski definition) is 4. The number of hydrogen-bond donors (Lipinski definition) is 1. The third kappa shape index (κ3) is 5.24. The molecule has 1 atom stereocenters. The van der Waals surface area contributed by atoms with Crippen LogP contribution in [-0.4, -0.2) is 42.0 Å². The molecule has 0 radical (unpaired) electrons. The molecule has 38 heavy (non-hydrogen) atoms. The van der Waals surface area contributed by atoms with Crippen LogP contribution in [-0.2, 0) is 27.2 Å². The van der Waals surface area contributed by atoms with Crippen molar-refractivity contribution in [3.05, 3.63) is 68.4 Å². The number of fused-ring (bicyclic) bond motifs is 2. The summed E-state index contributed by atoms with van der Waals surface area (Å²) in [5, 5.41) is -1.12. The standard InChI is InChI=1S/C24H19Cl2F7N2O2S/c1-21(24(31,32)33,14-5-16(25)20(27)17(26)6-14)7-18(34-38)12-2-3-15-13(4-12)9-37-22(15)10-35(11-22)19(36)8-23(28,29)30/h2-6,38H,7-11H2,1H3. The zero-order valence-corrected chi connectivity index (χ0v) is 21.9. The molecule has 2 aliphatic heterocycles. The number of carbonyl (C=O) groups excluding carboxylic acids is 1. The van der Waals surface area contributed by atoms with Crippen molar-refractivity contribution < 1.29 is 40.3 Å². The summed E-state index contributed by atoms with van der Waals surface area (Å²) in [7, 11) is 0. The van der Waals surface area contributed by atoms with E-state index in [4.69, 9.17) is 27.9 Å². The fraction of sp³-hybridized carbons (Fsp3) is 0.417. The van der Waals surface area contributed by atoms with Gasteiger partial charge in [-0.05, 0) is 60.2 Å². The molecule has 0 N–H and O–H groups in total. The van der Waals surface area contributed by atoms with Crippen LogP contribution in [0, 0.1) is 5.82 Å². The Labute approximate surface area is 228 Å². The predicted octanol–water partition coefficient (Wildman–Crippen LogP) is 7.20. The summed E-state index contributed by atoms with van der Waals surface area (Å²) in [6, 6.07) is 6.41. The fourth-order valence-corrected chi connectivity index (χ4v) is 5.37. The highest BCUT2D eigenvalue weighted by molar-refractivity contribution is 7.79. The first-order valence-electron chi connectivity index (χ1n) is 11.0. The largest absolute Gasteiger partial charge is 0.398 e. The Bertz CT molecular complexity index is 1290. The lowest BCUT2D eigenvalue weighted by Crippen LogP contribution is -2.61. The second-order valence-corrected chi connectivity index (χ2v) is 10.5.